The van der Waals surface area contributed by atoms with E-state index in [0.717, 1.165) is 11.1 Å². The number of ether oxygens (including phenoxy) is 6. The minimum atomic E-state index is -0.181. The third-order valence-corrected chi connectivity index (χ3v) is 4.98. The fourth-order valence-electron chi connectivity index (χ4n) is 3.47. The molecule has 3 rings (SSSR count). The fourth-order valence-corrected chi connectivity index (χ4v) is 3.47. The largest absolute Gasteiger partial charge is 0.490 e. The zero-order valence-corrected chi connectivity index (χ0v) is 20.8. The highest BCUT2D eigenvalue weighted by molar-refractivity contribution is 5.91. The number of anilines is 2. The van der Waals surface area contributed by atoms with Gasteiger partial charge in [0.15, 0.2) is 0 Å². The smallest absolute Gasteiger partial charge is 0.221 e. The molecule has 2 aromatic rings. The van der Waals surface area contributed by atoms with Crippen molar-refractivity contribution in [2.24, 2.45) is 0 Å². The van der Waals surface area contributed by atoms with Gasteiger partial charge in [0.05, 0.1) is 52.9 Å². The van der Waals surface area contributed by atoms with Crippen molar-refractivity contribution >= 4 is 23.2 Å². The van der Waals surface area contributed by atoms with Gasteiger partial charge in [0.1, 0.15) is 24.7 Å². The summed E-state index contributed by atoms with van der Waals surface area (Å²) in [7, 11) is 0. The molecule has 0 aromatic heterocycles. The van der Waals surface area contributed by atoms with E-state index in [1.165, 1.54) is 13.8 Å². The molecule has 0 fully saturated rings. The number of amides is 2. The lowest BCUT2D eigenvalue weighted by molar-refractivity contribution is -0.115. The molecule has 10 nitrogen and oxygen atoms in total. The van der Waals surface area contributed by atoms with Crippen LogP contribution in [0, 0.1) is 0 Å². The average molecular weight is 503 g/mol. The Balaban J connectivity index is 1.88. The Morgan fingerprint density at radius 2 is 0.889 bits per heavy atom. The summed E-state index contributed by atoms with van der Waals surface area (Å²) in [5.41, 5.74) is 2.75. The Morgan fingerprint density at radius 1 is 0.556 bits per heavy atom. The van der Waals surface area contributed by atoms with Crippen molar-refractivity contribution in [3.63, 3.8) is 0 Å². The number of fused-ring (bicyclic) bond motifs is 3. The molecular weight excluding hydrogens is 468 g/mol. The Kier molecular flexibility index (Phi) is 11.5. The van der Waals surface area contributed by atoms with Gasteiger partial charge < -0.3 is 39.1 Å². The van der Waals surface area contributed by atoms with E-state index >= 15 is 0 Å². The van der Waals surface area contributed by atoms with Crippen LogP contribution in [0.15, 0.2) is 36.4 Å². The first kappa shape index (κ1) is 27.4. The first-order chi connectivity index (χ1) is 17.5. The van der Waals surface area contributed by atoms with Crippen LogP contribution >= 0.6 is 0 Å². The standard InChI is InChI=1S/C26H34N2O8/c1-19(29)27-21-3-5-23-24-6-4-22(28-20(2)30)18-26(24)36-16-14-34-12-10-32-8-7-31-9-11-33-13-15-35-25(23)17-21/h3-6,17-18H,7-16H2,1-2H3,(H,27,29)(H,28,30). The fraction of sp³-hybridized carbons (Fsp3) is 0.462. The summed E-state index contributed by atoms with van der Waals surface area (Å²) < 4.78 is 34.3. The van der Waals surface area contributed by atoms with Gasteiger partial charge in [0, 0.05) is 48.5 Å². The molecule has 1 aliphatic rings. The van der Waals surface area contributed by atoms with E-state index in [1.54, 1.807) is 24.3 Å². The highest BCUT2D eigenvalue weighted by atomic mass is 16.6. The van der Waals surface area contributed by atoms with E-state index in [4.69, 9.17) is 28.4 Å². The van der Waals surface area contributed by atoms with Crippen LogP contribution in [-0.2, 0) is 28.5 Å². The third-order valence-electron chi connectivity index (χ3n) is 4.98. The molecule has 36 heavy (non-hydrogen) atoms. The van der Waals surface area contributed by atoms with Gasteiger partial charge in [-0.2, -0.15) is 0 Å². The van der Waals surface area contributed by atoms with E-state index in [2.05, 4.69) is 10.6 Å². The van der Waals surface area contributed by atoms with Crippen LogP contribution in [0.5, 0.6) is 11.5 Å². The molecule has 0 unspecified atom stereocenters. The van der Waals surface area contributed by atoms with Gasteiger partial charge in [0.2, 0.25) is 11.8 Å². The summed E-state index contributed by atoms with van der Waals surface area (Å²) in [4.78, 5) is 23.2. The highest BCUT2D eigenvalue weighted by Gasteiger charge is 2.15. The van der Waals surface area contributed by atoms with Crippen molar-refractivity contribution in [3.05, 3.63) is 36.4 Å². The second-order valence-electron chi connectivity index (χ2n) is 7.93. The van der Waals surface area contributed by atoms with Crippen molar-refractivity contribution in [1.29, 1.82) is 0 Å². The topological polar surface area (TPSA) is 114 Å². The van der Waals surface area contributed by atoms with Crippen molar-refractivity contribution in [1.82, 2.24) is 0 Å². The molecule has 0 radical (unpaired) electrons. The van der Waals surface area contributed by atoms with Crippen molar-refractivity contribution < 1.29 is 38.0 Å². The van der Waals surface area contributed by atoms with Crippen LogP contribution in [0.1, 0.15) is 13.8 Å². The molecule has 2 aromatic carbocycles. The first-order valence-electron chi connectivity index (χ1n) is 11.9. The molecule has 2 amide bonds. The SMILES string of the molecule is CC(=O)Nc1ccc2c(c1)OCCOCCOCCOCCOCCOc1cc(NC(C)=O)ccc1-2. The van der Waals surface area contributed by atoms with E-state index in [-0.39, 0.29) is 11.8 Å². The van der Waals surface area contributed by atoms with Crippen LogP contribution in [-0.4, -0.2) is 77.9 Å². The normalized spacial score (nSPS) is 16.3. The van der Waals surface area contributed by atoms with Crippen molar-refractivity contribution in [3.8, 4) is 22.6 Å². The second-order valence-corrected chi connectivity index (χ2v) is 7.93. The zero-order valence-electron chi connectivity index (χ0n) is 20.8. The summed E-state index contributed by atoms with van der Waals surface area (Å²) >= 11 is 0. The van der Waals surface area contributed by atoms with Crippen LogP contribution in [0.3, 0.4) is 0 Å². The number of carbonyl (C=O) groups excluding carboxylic acids is 2. The lowest BCUT2D eigenvalue weighted by Gasteiger charge is -2.18. The van der Waals surface area contributed by atoms with Gasteiger partial charge in [-0.25, -0.2) is 0 Å². The Bertz CT molecular complexity index is 918. The number of hydrogen-bond donors (Lipinski definition) is 2. The van der Waals surface area contributed by atoms with Gasteiger partial charge in [-0.1, -0.05) is 0 Å². The van der Waals surface area contributed by atoms with E-state index < -0.39 is 0 Å². The maximum atomic E-state index is 11.6. The maximum Gasteiger partial charge on any atom is 0.221 e. The molecule has 0 saturated heterocycles. The van der Waals surface area contributed by atoms with Gasteiger partial charge in [-0.05, 0) is 24.3 Å². The quantitative estimate of drug-likeness (QED) is 0.644. The zero-order chi connectivity index (χ0) is 25.6. The van der Waals surface area contributed by atoms with Crippen molar-refractivity contribution in [2.75, 3.05) is 76.7 Å². The molecule has 2 N–H and O–H groups in total. The number of benzene rings is 2. The van der Waals surface area contributed by atoms with Crippen molar-refractivity contribution in [2.45, 2.75) is 13.8 Å². The van der Waals surface area contributed by atoms with Gasteiger partial charge in [-0.15, -0.1) is 0 Å². The summed E-state index contributed by atoms with van der Waals surface area (Å²) in [5, 5.41) is 5.56. The van der Waals surface area contributed by atoms with Crippen LogP contribution in [0.2, 0.25) is 0 Å². The predicted octanol–water partition coefficient (Wildman–Crippen LogP) is 3.11. The van der Waals surface area contributed by atoms with E-state index in [1.807, 2.05) is 12.1 Å². The van der Waals surface area contributed by atoms with E-state index in [0.29, 0.717) is 88.9 Å². The Hall–Kier alpha value is -3.18. The molecule has 0 bridgehead atoms. The highest BCUT2D eigenvalue weighted by Crippen LogP contribution is 2.39. The van der Waals surface area contributed by atoms with E-state index in [9.17, 15) is 9.59 Å². The van der Waals surface area contributed by atoms with Gasteiger partial charge >= 0.3 is 0 Å². The third kappa shape index (κ3) is 9.46. The molecule has 0 spiro atoms. The van der Waals surface area contributed by atoms with Crippen LogP contribution in [0.4, 0.5) is 11.4 Å². The molecular formula is C26H34N2O8. The number of carbonyl (C=O) groups is 2. The Morgan fingerprint density at radius 3 is 1.22 bits per heavy atom. The molecule has 196 valence electrons. The Labute approximate surface area is 211 Å². The molecule has 0 saturated carbocycles. The molecule has 0 aliphatic carbocycles. The average Bonchev–Trinajstić information content (AvgIpc) is 2.83. The summed E-state index contributed by atoms with van der Waals surface area (Å²) in [5.74, 6) is 0.751. The van der Waals surface area contributed by atoms with Gasteiger partial charge in [0.25, 0.3) is 0 Å². The molecule has 0 atom stereocenters. The number of hydrogen-bond acceptors (Lipinski definition) is 8. The minimum absolute atomic E-state index is 0.181. The monoisotopic (exact) mass is 502 g/mol. The molecule has 10 heteroatoms. The number of rotatable bonds is 2. The summed E-state index contributed by atoms with van der Waals surface area (Å²) in [6, 6.07) is 10.8. The number of nitrogens with one attached hydrogen (secondary N) is 2. The maximum absolute atomic E-state index is 11.6. The lowest BCUT2D eigenvalue weighted by Crippen LogP contribution is -2.15. The summed E-state index contributed by atoms with van der Waals surface area (Å²) in [6.07, 6.45) is 0. The van der Waals surface area contributed by atoms with Crippen LogP contribution < -0.4 is 20.1 Å². The second kappa shape index (κ2) is 15.0. The molecule has 1 aliphatic heterocycles. The predicted molar refractivity (Wildman–Crippen MR) is 135 cm³/mol. The lowest BCUT2D eigenvalue weighted by atomic mass is 10.0. The minimum Gasteiger partial charge on any atom is -0.490 e. The first-order valence-corrected chi connectivity index (χ1v) is 11.9. The van der Waals surface area contributed by atoms with Gasteiger partial charge in [-0.3, -0.25) is 9.59 Å². The molecule has 1 heterocycles. The summed E-state index contributed by atoms with van der Waals surface area (Å²) in [6.45, 7) is 7.00. The van der Waals surface area contributed by atoms with Crippen LogP contribution in [0.25, 0.3) is 11.1 Å².